The van der Waals surface area contributed by atoms with Gasteiger partial charge in [-0.25, -0.2) is 9.97 Å². The van der Waals surface area contributed by atoms with Crippen LogP contribution in [0.25, 0.3) is 11.3 Å². The molecule has 0 amide bonds. The monoisotopic (exact) mass is 215 g/mol. The third-order valence-electron chi connectivity index (χ3n) is 2.93. The van der Waals surface area contributed by atoms with Crippen LogP contribution >= 0.6 is 0 Å². The van der Waals surface area contributed by atoms with Crippen LogP contribution in [0.5, 0.6) is 0 Å². The van der Waals surface area contributed by atoms with Gasteiger partial charge in [-0.05, 0) is 25.3 Å². The number of nitrogens with two attached hydrogens (primary N) is 1. The van der Waals surface area contributed by atoms with Gasteiger partial charge in [0, 0.05) is 24.0 Å². The van der Waals surface area contributed by atoms with Crippen molar-refractivity contribution in [1.29, 1.82) is 0 Å². The summed E-state index contributed by atoms with van der Waals surface area (Å²) in [6.45, 7) is 1.01. The molecule has 1 aliphatic heterocycles. The second kappa shape index (κ2) is 3.59. The number of anilines is 1. The van der Waals surface area contributed by atoms with Gasteiger partial charge in [-0.1, -0.05) is 0 Å². The Kier molecular flexibility index (Phi) is 2.09. The van der Waals surface area contributed by atoms with E-state index >= 15 is 0 Å². The molecule has 2 aromatic rings. The van der Waals surface area contributed by atoms with Crippen LogP contribution in [-0.4, -0.2) is 19.7 Å². The Balaban J connectivity index is 2.09. The maximum absolute atomic E-state index is 5.59. The summed E-state index contributed by atoms with van der Waals surface area (Å²) in [6.07, 6.45) is 7.06. The Bertz CT molecular complexity index is 517. The summed E-state index contributed by atoms with van der Waals surface area (Å²) >= 11 is 0. The second-order valence-electron chi connectivity index (χ2n) is 3.99. The van der Waals surface area contributed by atoms with E-state index in [4.69, 9.17) is 5.73 Å². The van der Waals surface area contributed by atoms with E-state index in [-0.39, 0.29) is 0 Å². The highest BCUT2D eigenvalue weighted by atomic mass is 15.3. The quantitative estimate of drug-likeness (QED) is 0.777. The molecule has 0 aromatic carbocycles. The summed E-state index contributed by atoms with van der Waals surface area (Å²) in [4.78, 5) is 8.14. The Morgan fingerprint density at radius 3 is 3.12 bits per heavy atom. The molecule has 2 aromatic heterocycles. The van der Waals surface area contributed by atoms with Crippen LogP contribution in [0, 0.1) is 0 Å². The zero-order chi connectivity index (χ0) is 11.0. The van der Waals surface area contributed by atoms with Gasteiger partial charge in [-0.3, -0.25) is 4.68 Å². The predicted octanol–water partition coefficient (Wildman–Crippen LogP) is 1.26. The van der Waals surface area contributed by atoms with Crippen LogP contribution in [0.3, 0.4) is 0 Å². The Morgan fingerprint density at radius 2 is 2.25 bits per heavy atom. The molecule has 0 saturated heterocycles. The number of hydrogen-bond acceptors (Lipinski definition) is 4. The van der Waals surface area contributed by atoms with Crippen molar-refractivity contribution in [2.45, 2.75) is 25.8 Å². The first-order chi connectivity index (χ1) is 7.84. The first-order valence-corrected chi connectivity index (χ1v) is 5.48. The van der Waals surface area contributed by atoms with Crippen molar-refractivity contribution in [1.82, 2.24) is 19.7 Å². The van der Waals surface area contributed by atoms with Crippen LogP contribution in [0.2, 0.25) is 0 Å². The zero-order valence-corrected chi connectivity index (χ0v) is 8.93. The van der Waals surface area contributed by atoms with Crippen molar-refractivity contribution >= 4 is 5.95 Å². The number of nitrogen functional groups attached to an aromatic ring is 1. The number of fused-ring (bicyclic) bond motifs is 1. The van der Waals surface area contributed by atoms with Crippen molar-refractivity contribution in [3.63, 3.8) is 0 Å². The summed E-state index contributed by atoms with van der Waals surface area (Å²) in [5.41, 5.74) is 8.82. The fourth-order valence-electron chi connectivity index (χ4n) is 2.16. The molecule has 1 aliphatic rings. The lowest BCUT2D eigenvalue weighted by Gasteiger charge is -2.14. The highest BCUT2D eigenvalue weighted by Gasteiger charge is 2.16. The molecule has 16 heavy (non-hydrogen) atoms. The lowest BCUT2D eigenvalue weighted by atomic mass is 10.0. The van der Waals surface area contributed by atoms with E-state index in [1.165, 1.54) is 18.5 Å². The van der Waals surface area contributed by atoms with Crippen molar-refractivity contribution in [3.05, 3.63) is 24.2 Å². The average molecular weight is 215 g/mol. The van der Waals surface area contributed by atoms with E-state index in [9.17, 15) is 0 Å². The summed E-state index contributed by atoms with van der Waals surface area (Å²) in [7, 11) is 0. The topological polar surface area (TPSA) is 69.6 Å². The van der Waals surface area contributed by atoms with Crippen LogP contribution in [0.15, 0.2) is 18.5 Å². The maximum atomic E-state index is 5.59. The number of hydrogen-bond donors (Lipinski definition) is 1. The van der Waals surface area contributed by atoms with Crippen LogP contribution in [0.4, 0.5) is 5.95 Å². The number of rotatable bonds is 1. The van der Waals surface area contributed by atoms with E-state index in [0.29, 0.717) is 5.95 Å². The SMILES string of the molecule is Nc1nccc(-c2cnn3c2CCCC3)n1. The Hall–Kier alpha value is -1.91. The van der Waals surface area contributed by atoms with Gasteiger partial charge in [0.05, 0.1) is 11.9 Å². The fraction of sp³-hybridized carbons (Fsp3) is 0.364. The molecule has 0 fully saturated rings. The molecule has 5 heteroatoms. The van der Waals surface area contributed by atoms with Gasteiger partial charge in [-0.15, -0.1) is 0 Å². The highest BCUT2D eigenvalue weighted by molar-refractivity contribution is 5.62. The Morgan fingerprint density at radius 1 is 1.31 bits per heavy atom. The normalized spacial score (nSPS) is 14.8. The minimum atomic E-state index is 0.313. The van der Waals surface area contributed by atoms with Gasteiger partial charge in [0.2, 0.25) is 5.95 Å². The third-order valence-corrected chi connectivity index (χ3v) is 2.93. The molecule has 0 unspecified atom stereocenters. The fourth-order valence-corrected chi connectivity index (χ4v) is 2.16. The van der Waals surface area contributed by atoms with Gasteiger partial charge >= 0.3 is 0 Å². The predicted molar refractivity (Wildman–Crippen MR) is 60.6 cm³/mol. The van der Waals surface area contributed by atoms with Crippen LogP contribution in [-0.2, 0) is 13.0 Å². The lowest BCUT2D eigenvalue weighted by Crippen LogP contribution is -2.11. The summed E-state index contributed by atoms with van der Waals surface area (Å²) in [5.74, 6) is 0.313. The maximum Gasteiger partial charge on any atom is 0.220 e. The van der Waals surface area contributed by atoms with Gasteiger partial charge in [0.1, 0.15) is 0 Å². The van der Waals surface area contributed by atoms with E-state index in [2.05, 4.69) is 19.7 Å². The minimum Gasteiger partial charge on any atom is -0.368 e. The van der Waals surface area contributed by atoms with E-state index < -0.39 is 0 Å². The van der Waals surface area contributed by atoms with Crippen molar-refractivity contribution in [2.24, 2.45) is 0 Å². The minimum absolute atomic E-state index is 0.313. The second-order valence-corrected chi connectivity index (χ2v) is 3.99. The molecule has 82 valence electrons. The van der Waals surface area contributed by atoms with Crippen molar-refractivity contribution < 1.29 is 0 Å². The molecule has 0 bridgehead atoms. The molecule has 3 rings (SSSR count). The molecular weight excluding hydrogens is 202 g/mol. The largest absolute Gasteiger partial charge is 0.368 e. The van der Waals surface area contributed by atoms with Gasteiger partial charge in [0.25, 0.3) is 0 Å². The van der Waals surface area contributed by atoms with Crippen molar-refractivity contribution in [3.8, 4) is 11.3 Å². The van der Waals surface area contributed by atoms with Gasteiger partial charge < -0.3 is 5.73 Å². The first kappa shape index (κ1) is 9.33. The van der Waals surface area contributed by atoms with Crippen molar-refractivity contribution in [2.75, 3.05) is 5.73 Å². The number of nitrogens with zero attached hydrogens (tertiary/aromatic N) is 4. The molecule has 0 saturated carbocycles. The number of aryl methyl sites for hydroxylation is 1. The zero-order valence-electron chi connectivity index (χ0n) is 8.93. The Labute approximate surface area is 93.3 Å². The summed E-state index contributed by atoms with van der Waals surface area (Å²) in [5, 5.41) is 4.38. The first-order valence-electron chi connectivity index (χ1n) is 5.48. The van der Waals surface area contributed by atoms with E-state index in [1.54, 1.807) is 6.20 Å². The van der Waals surface area contributed by atoms with E-state index in [1.807, 2.05) is 12.3 Å². The van der Waals surface area contributed by atoms with Gasteiger partial charge in [0.15, 0.2) is 0 Å². The molecule has 0 spiro atoms. The standard InChI is InChI=1S/C11H13N5/c12-11-13-5-4-9(15-11)8-7-14-16-6-2-1-3-10(8)16/h4-5,7H,1-3,6H2,(H2,12,13,15). The summed E-state index contributed by atoms with van der Waals surface area (Å²) < 4.78 is 2.07. The number of aromatic nitrogens is 4. The highest BCUT2D eigenvalue weighted by Crippen LogP contribution is 2.26. The molecule has 2 N–H and O–H groups in total. The van der Waals surface area contributed by atoms with Crippen LogP contribution < -0.4 is 5.73 Å². The molecule has 3 heterocycles. The van der Waals surface area contributed by atoms with E-state index in [0.717, 1.165) is 24.2 Å². The molecule has 0 aliphatic carbocycles. The average Bonchev–Trinajstić information content (AvgIpc) is 2.72. The van der Waals surface area contributed by atoms with Crippen LogP contribution in [0.1, 0.15) is 18.5 Å². The smallest absolute Gasteiger partial charge is 0.220 e. The molecule has 5 nitrogen and oxygen atoms in total. The molecule has 0 atom stereocenters. The lowest BCUT2D eigenvalue weighted by molar-refractivity contribution is 0.487. The molecular formula is C11H13N5. The third kappa shape index (κ3) is 1.44. The summed E-state index contributed by atoms with van der Waals surface area (Å²) in [6, 6.07) is 1.88. The van der Waals surface area contributed by atoms with Gasteiger partial charge in [-0.2, -0.15) is 5.10 Å². The molecule has 0 radical (unpaired) electrons.